The Balaban J connectivity index is 2.87. The van der Waals surface area contributed by atoms with E-state index in [-0.39, 0.29) is 0 Å². The van der Waals surface area contributed by atoms with E-state index in [1.54, 1.807) is 18.3 Å². The molecule has 4 nitrogen and oxygen atoms in total. The molecular formula is C10H7N3O. The van der Waals surface area contributed by atoms with E-state index in [9.17, 15) is 4.79 Å². The van der Waals surface area contributed by atoms with Crippen molar-refractivity contribution in [2.75, 3.05) is 0 Å². The van der Waals surface area contributed by atoms with E-state index >= 15 is 0 Å². The molecule has 4 heteroatoms. The molecule has 0 fully saturated rings. The standard InChI is InChI=1S/C10H7N3O/c1-2-6-7(10(11)14)3-4-9-8(6)5-12-13-9/h1,3-5H,(H2,11,14)(H,12,13). The van der Waals surface area contributed by atoms with Crippen molar-refractivity contribution in [1.82, 2.24) is 10.2 Å². The predicted octanol–water partition coefficient (Wildman–Crippen LogP) is 0.643. The molecular weight excluding hydrogens is 178 g/mol. The number of aromatic amines is 1. The zero-order chi connectivity index (χ0) is 10.1. The third-order valence-corrected chi connectivity index (χ3v) is 2.03. The zero-order valence-electron chi connectivity index (χ0n) is 7.24. The van der Waals surface area contributed by atoms with Gasteiger partial charge in [-0.05, 0) is 12.1 Å². The van der Waals surface area contributed by atoms with Crippen molar-refractivity contribution in [2.24, 2.45) is 5.73 Å². The first-order chi connectivity index (χ1) is 6.74. The summed E-state index contributed by atoms with van der Waals surface area (Å²) in [6, 6.07) is 3.32. The van der Waals surface area contributed by atoms with E-state index in [1.807, 2.05) is 0 Å². The molecule has 14 heavy (non-hydrogen) atoms. The molecule has 3 N–H and O–H groups in total. The number of hydrogen-bond donors (Lipinski definition) is 2. The maximum absolute atomic E-state index is 11.0. The van der Waals surface area contributed by atoms with E-state index in [0.29, 0.717) is 11.1 Å². The monoisotopic (exact) mass is 185 g/mol. The van der Waals surface area contributed by atoms with Crippen molar-refractivity contribution in [2.45, 2.75) is 0 Å². The van der Waals surface area contributed by atoms with Crippen molar-refractivity contribution in [3.05, 3.63) is 29.5 Å². The summed E-state index contributed by atoms with van der Waals surface area (Å²) in [6.07, 6.45) is 6.89. The molecule has 0 aliphatic heterocycles. The fraction of sp³-hybridized carbons (Fsp3) is 0. The molecule has 0 aliphatic carbocycles. The van der Waals surface area contributed by atoms with Gasteiger partial charge in [0.05, 0.1) is 17.3 Å². The number of amides is 1. The highest BCUT2D eigenvalue weighted by Crippen LogP contribution is 2.19. The van der Waals surface area contributed by atoms with Crippen LogP contribution in [0.1, 0.15) is 15.9 Å². The lowest BCUT2D eigenvalue weighted by molar-refractivity contribution is 0.1000. The van der Waals surface area contributed by atoms with Gasteiger partial charge in [-0.3, -0.25) is 9.89 Å². The number of terminal acetylenes is 1. The molecule has 0 saturated heterocycles. The quantitative estimate of drug-likeness (QED) is 0.640. The summed E-state index contributed by atoms with van der Waals surface area (Å²) >= 11 is 0. The van der Waals surface area contributed by atoms with Gasteiger partial charge in [0.1, 0.15) is 0 Å². The minimum Gasteiger partial charge on any atom is -0.366 e. The minimum atomic E-state index is -0.527. The zero-order valence-corrected chi connectivity index (χ0v) is 7.24. The number of carbonyl (C=O) groups is 1. The SMILES string of the molecule is C#Cc1c(C(N)=O)ccc2[nH]ncc12. The Kier molecular flexibility index (Phi) is 1.72. The van der Waals surface area contributed by atoms with Crippen LogP contribution in [0, 0.1) is 12.3 Å². The second kappa shape index (κ2) is 2.89. The number of hydrogen-bond acceptors (Lipinski definition) is 2. The largest absolute Gasteiger partial charge is 0.366 e. The van der Waals surface area contributed by atoms with Gasteiger partial charge >= 0.3 is 0 Å². The maximum Gasteiger partial charge on any atom is 0.249 e. The summed E-state index contributed by atoms with van der Waals surface area (Å²) in [6.45, 7) is 0. The van der Waals surface area contributed by atoms with E-state index < -0.39 is 5.91 Å². The number of benzene rings is 1. The molecule has 0 radical (unpaired) electrons. The molecule has 1 heterocycles. The van der Waals surface area contributed by atoms with Crippen LogP contribution in [0.3, 0.4) is 0 Å². The van der Waals surface area contributed by atoms with Crippen molar-refractivity contribution in [3.63, 3.8) is 0 Å². The Morgan fingerprint density at radius 3 is 3.00 bits per heavy atom. The predicted molar refractivity (Wildman–Crippen MR) is 52.5 cm³/mol. The minimum absolute atomic E-state index is 0.349. The Labute approximate surface area is 80.1 Å². The van der Waals surface area contributed by atoms with Gasteiger partial charge in [0.15, 0.2) is 0 Å². The Morgan fingerprint density at radius 2 is 2.36 bits per heavy atom. The molecule has 1 amide bonds. The van der Waals surface area contributed by atoms with Crippen molar-refractivity contribution >= 4 is 16.8 Å². The number of fused-ring (bicyclic) bond motifs is 1. The van der Waals surface area contributed by atoms with E-state index in [1.165, 1.54) is 0 Å². The third kappa shape index (κ3) is 1.04. The van der Waals surface area contributed by atoms with Gasteiger partial charge in [-0.2, -0.15) is 5.10 Å². The van der Waals surface area contributed by atoms with Gasteiger partial charge in [-0.1, -0.05) is 5.92 Å². The maximum atomic E-state index is 11.0. The molecule has 0 spiro atoms. The number of primary amides is 1. The fourth-order valence-electron chi connectivity index (χ4n) is 1.38. The first kappa shape index (κ1) is 8.32. The average molecular weight is 185 g/mol. The number of rotatable bonds is 1. The third-order valence-electron chi connectivity index (χ3n) is 2.03. The van der Waals surface area contributed by atoms with Crippen LogP contribution < -0.4 is 5.73 Å². The summed E-state index contributed by atoms with van der Waals surface area (Å²) in [5, 5.41) is 7.34. The molecule has 0 saturated carbocycles. The van der Waals surface area contributed by atoms with E-state index in [2.05, 4.69) is 16.1 Å². The van der Waals surface area contributed by atoms with Crippen LogP contribution in [-0.2, 0) is 0 Å². The molecule has 0 unspecified atom stereocenters. The Hall–Kier alpha value is -2.28. The summed E-state index contributed by atoms with van der Waals surface area (Å²) in [5.41, 5.74) is 6.82. The van der Waals surface area contributed by atoms with Gasteiger partial charge in [-0.25, -0.2) is 0 Å². The molecule has 2 aromatic rings. The fourth-order valence-corrected chi connectivity index (χ4v) is 1.38. The van der Waals surface area contributed by atoms with E-state index in [0.717, 1.165) is 10.9 Å². The number of H-pyrrole nitrogens is 1. The van der Waals surface area contributed by atoms with Gasteiger partial charge in [0.25, 0.3) is 0 Å². The molecule has 0 bridgehead atoms. The molecule has 1 aromatic carbocycles. The molecule has 2 rings (SSSR count). The highest BCUT2D eigenvalue weighted by Gasteiger charge is 2.10. The van der Waals surface area contributed by atoms with Gasteiger partial charge in [0, 0.05) is 10.9 Å². The summed E-state index contributed by atoms with van der Waals surface area (Å²) in [4.78, 5) is 11.0. The van der Waals surface area contributed by atoms with Crippen LogP contribution in [0.4, 0.5) is 0 Å². The Morgan fingerprint density at radius 1 is 1.57 bits per heavy atom. The molecule has 0 atom stereocenters. The van der Waals surface area contributed by atoms with Crippen LogP contribution in [-0.4, -0.2) is 16.1 Å². The van der Waals surface area contributed by atoms with Crippen LogP contribution in [0.15, 0.2) is 18.3 Å². The smallest absolute Gasteiger partial charge is 0.249 e. The average Bonchev–Trinajstić information content (AvgIpc) is 2.63. The van der Waals surface area contributed by atoms with Crippen LogP contribution in [0.2, 0.25) is 0 Å². The van der Waals surface area contributed by atoms with Gasteiger partial charge < -0.3 is 5.73 Å². The topological polar surface area (TPSA) is 71.8 Å². The van der Waals surface area contributed by atoms with E-state index in [4.69, 9.17) is 12.2 Å². The normalized spacial score (nSPS) is 9.93. The Bertz CT molecular complexity index is 548. The lowest BCUT2D eigenvalue weighted by atomic mass is 10.0. The number of aromatic nitrogens is 2. The van der Waals surface area contributed by atoms with Gasteiger partial charge in [0.2, 0.25) is 5.91 Å². The number of nitrogens with zero attached hydrogens (tertiary/aromatic N) is 1. The van der Waals surface area contributed by atoms with Crippen LogP contribution >= 0.6 is 0 Å². The van der Waals surface area contributed by atoms with Crippen LogP contribution in [0.25, 0.3) is 10.9 Å². The summed E-state index contributed by atoms with van der Waals surface area (Å²) in [5.74, 6) is 1.92. The number of nitrogens with two attached hydrogens (primary N) is 1. The van der Waals surface area contributed by atoms with Crippen molar-refractivity contribution < 1.29 is 4.79 Å². The number of nitrogens with one attached hydrogen (secondary N) is 1. The highest BCUT2D eigenvalue weighted by molar-refractivity contribution is 6.01. The first-order valence-electron chi connectivity index (χ1n) is 3.96. The lowest BCUT2D eigenvalue weighted by Gasteiger charge is -2.00. The number of carbonyl (C=O) groups excluding carboxylic acids is 1. The summed E-state index contributed by atoms with van der Waals surface area (Å²) in [7, 11) is 0. The van der Waals surface area contributed by atoms with Crippen molar-refractivity contribution in [3.8, 4) is 12.3 Å². The van der Waals surface area contributed by atoms with Crippen molar-refractivity contribution in [1.29, 1.82) is 0 Å². The first-order valence-corrected chi connectivity index (χ1v) is 3.96. The van der Waals surface area contributed by atoms with Gasteiger partial charge in [-0.15, -0.1) is 6.42 Å². The highest BCUT2D eigenvalue weighted by atomic mass is 16.1. The molecule has 0 aliphatic rings. The molecule has 1 aromatic heterocycles. The van der Waals surface area contributed by atoms with Crippen LogP contribution in [0.5, 0.6) is 0 Å². The second-order valence-electron chi connectivity index (χ2n) is 2.83. The second-order valence-corrected chi connectivity index (χ2v) is 2.83. The summed E-state index contributed by atoms with van der Waals surface area (Å²) < 4.78 is 0. The molecule has 68 valence electrons. The lowest BCUT2D eigenvalue weighted by Crippen LogP contribution is -2.12.